The Balaban J connectivity index is 2.35. The van der Waals surface area contributed by atoms with Crippen LogP contribution in [0.15, 0.2) is 18.2 Å². The number of anilines is 1. The van der Waals surface area contributed by atoms with E-state index in [1.54, 1.807) is 0 Å². The van der Waals surface area contributed by atoms with Crippen LogP contribution in [0.3, 0.4) is 0 Å². The molecular weight excluding hydrogens is 299 g/mol. The van der Waals surface area contributed by atoms with E-state index in [0.29, 0.717) is 0 Å². The monoisotopic (exact) mass is 307 g/mol. The Morgan fingerprint density at radius 1 is 1.40 bits per heavy atom. The zero-order valence-corrected chi connectivity index (χ0v) is 10.7. The highest BCUT2D eigenvalue weighted by atomic mass is 35.5. The molecule has 0 bridgehead atoms. The molecular formula is C12H9ClF3NO3. The summed E-state index contributed by atoms with van der Waals surface area (Å²) in [4.78, 5) is 23.5. The minimum atomic E-state index is -4.64. The largest absolute Gasteiger partial charge is 0.481 e. The zero-order valence-electron chi connectivity index (χ0n) is 9.95. The molecule has 1 N–H and O–H groups in total. The van der Waals surface area contributed by atoms with Gasteiger partial charge in [0.05, 0.1) is 16.5 Å². The zero-order chi connectivity index (χ0) is 15.1. The van der Waals surface area contributed by atoms with Crippen LogP contribution in [0.4, 0.5) is 18.9 Å². The SMILES string of the molecule is O=C(O)[C@@H]1CC(=O)N(c2ccc(Cl)c(C(F)(F)F)c2)C1. The van der Waals surface area contributed by atoms with Crippen molar-refractivity contribution in [2.75, 3.05) is 11.4 Å². The van der Waals surface area contributed by atoms with Crippen LogP contribution in [-0.4, -0.2) is 23.5 Å². The van der Waals surface area contributed by atoms with Gasteiger partial charge >= 0.3 is 12.1 Å². The third-order valence-electron chi connectivity index (χ3n) is 3.04. The van der Waals surface area contributed by atoms with E-state index in [0.717, 1.165) is 17.0 Å². The summed E-state index contributed by atoms with van der Waals surface area (Å²) < 4.78 is 38.2. The van der Waals surface area contributed by atoms with E-state index in [1.165, 1.54) is 6.07 Å². The number of benzene rings is 1. The Bertz CT molecular complexity index is 574. The molecule has 20 heavy (non-hydrogen) atoms. The summed E-state index contributed by atoms with van der Waals surface area (Å²) in [6.07, 6.45) is -4.86. The molecule has 0 aromatic heterocycles. The lowest BCUT2D eigenvalue weighted by atomic mass is 10.1. The average Bonchev–Trinajstić information content (AvgIpc) is 2.71. The fraction of sp³-hybridized carbons (Fsp3) is 0.333. The number of carboxylic acid groups (broad SMARTS) is 1. The van der Waals surface area contributed by atoms with Crippen molar-refractivity contribution in [2.24, 2.45) is 5.92 Å². The maximum absolute atomic E-state index is 12.7. The Morgan fingerprint density at radius 2 is 2.05 bits per heavy atom. The first kappa shape index (κ1) is 14.6. The topological polar surface area (TPSA) is 57.6 Å². The molecule has 1 aromatic rings. The Kier molecular flexibility index (Phi) is 3.64. The summed E-state index contributed by atoms with van der Waals surface area (Å²) in [5.74, 6) is -2.58. The van der Waals surface area contributed by atoms with Gasteiger partial charge in [-0.1, -0.05) is 11.6 Å². The number of carbonyl (C=O) groups is 2. The lowest BCUT2D eigenvalue weighted by Crippen LogP contribution is -2.26. The van der Waals surface area contributed by atoms with Crippen molar-refractivity contribution in [1.82, 2.24) is 0 Å². The molecule has 0 unspecified atom stereocenters. The predicted molar refractivity (Wildman–Crippen MR) is 64.5 cm³/mol. The van der Waals surface area contributed by atoms with Crippen LogP contribution in [0.1, 0.15) is 12.0 Å². The first-order valence-electron chi connectivity index (χ1n) is 5.60. The molecule has 8 heteroatoms. The third kappa shape index (κ3) is 2.72. The molecule has 0 aliphatic carbocycles. The van der Waals surface area contributed by atoms with E-state index < -0.39 is 34.6 Å². The highest BCUT2D eigenvalue weighted by Crippen LogP contribution is 2.38. The number of rotatable bonds is 2. The standard InChI is InChI=1S/C12H9ClF3NO3/c13-9-2-1-7(4-8(9)12(14,15)16)17-5-6(11(19)20)3-10(17)18/h1-2,4,6H,3,5H2,(H,19,20)/t6-/m1/s1. The van der Waals surface area contributed by atoms with Crippen LogP contribution in [0, 0.1) is 5.92 Å². The van der Waals surface area contributed by atoms with Crippen LogP contribution in [0.5, 0.6) is 0 Å². The van der Waals surface area contributed by atoms with Crippen LogP contribution < -0.4 is 4.90 Å². The van der Waals surface area contributed by atoms with Gasteiger partial charge in [0.1, 0.15) is 0 Å². The Morgan fingerprint density at radius 3 is 2.55 bits per heavy atom. The fourth-order valence-electron chi connectivity index (χ4n) is 2.02. The van der Waals surface area contributed by atoms with Crippen molar-refractivity contribution in [1.29, 1.82) is 0 Å². The van der Waals surface area contributed by atoms with Gasteiger partial charge in [-0.05, 0) is 18.2 Å². The number of carboxylic acids is 1. The number of halogens is 4. The second-order valence-electron chi connectivity index (χ2n) is 4.41. The molecule has 108 valence electrons. The van der Waals surface area contributed by atoms with Crippen molar-refractivity contribution < 1.29 is 27.9 Å². The summed E-state index contributed by atoms with van der Waals surface area (Å²) in [5.41, 5.74) is -1.06. The van der Waals surface area contributed by atoms with E-state index in [9.17, 15) is 22.8 Å². The third-order valence-corrected chi connectivity index (χ3v) is 3.37. The number of amides is 1. The number of hydrogen-bond acceptors (Lipinski definition) is 2. The van der Waals surface area contributed by atoms with Crippen molar-refractivity contribution in [3.63, 3.8) is 0 Å². The number of carbonyl (C=O) groups excluding carboxylic acids is 1. The number of aliphatic carboxylic acids is 1. The van der Waals surface area contributed by atoms with Crippen molar-refractivity contribution in [2.45, 2.75) is 12.6 Å². The molecule has 1 saturated heterocycles. The van der Waals surface area contributed by atoms with Gasteiger partial charge in [-0.2, -0.15) is 13.2 Å². The van der Waals surface area contributed by atoms with Gasteiger partial charge < -0.3 is 10.0 Å². The highest BCUT2D eigenvalue weighted by Gasteiger charge is 2.37. The predicted octanol–water partition coefficient (Wildman–Crippen LogP) is 2.80. The first-order chi connectivity index (χ1) is 9.20. The molecule has 1 aliphatic heterocycles. The highest BCUT2D eigenvalue weighted by molar-refractivity contribution is 6.31. The molecule has 1 amide bonds. The van der Waals surface area contributed by atoms with Gasteiger partial charge in [-0.25, -0.2) is 0 Å². The molecule has 4 nitrogen and oxygen atoms in total. The lowest BCUT2D eigenvalue weighted by molar-refractivity contribution is -0.141. The Labute approximate surface area is 116 Å². The molecule has 1 heterocycles. The quantitative estimate of drug-likeness (QED) is 0.914. The lowest BCUT2D eigenvalue weighted by Gasteiger charge is -2.18. The van der Waals surface area contributed by atoms with Gasteiger partial charge in [0.2, 0.25) is 5.91 Å². The van der Waals surface area contributed by atoms with Crippen molar-refractivity contribution in [3.05, 3.63) is 28.8 Å². The number of nitrogens with zero attached hydrogens (tertiary/aromatic N) is 1. The van der Waals surface area contributed by atoms with Crippen LogP contribution in [0.25, 0.3) is 0 Å². The van der Waals surface area contributed by atoms with Gasteiger partial charge in [0.25, 0.3) is 0 Å². The first-order valence-corrected chi connectivity index (χ1v) is 5.98. The second kappa shape index (κ2) is 4.97. The van der Waals surface area contributed by atoms with E-state index >= 15 is 0 Å². The molecule has 0 saturated carbocycles. The van der Waals surface area contributed by atoms with E-state index in [1.807, 2.05) is 0 Å². The minimum absolute atomic E-state index is 0.00419. The molecule has 1 fully saturated rings. The maximum Gasteiger partial charge on any atom is 0.417 e. The van der Waals surface area contributed by atoms with Crippen LogP contribution in [-0.2, 0) is 15.8 Å². The smallest absolute Gasteiger partial charge is 0.417 e. The number of alkyl halides is 3. The molecule has 1 aromatic carbocycles. The number of hydrogen-bond donors (Lipinski definition) is 1. The van der Waals surface area contributed by atoms with Gasteiger partial charge in [0.15, 0.2) is 0 Å². The molecule has 1 atom stereocenters. The van der Waals surface area contributed by atoms with Gasteiger partial charge in [0, 0.05) is 18.7 Å². The second-order valence-corrected chi connectivity index (χ2v) is 4.81. The average molecular weight is 308 g/mol. The maximum atomic E-state index is 12.7. The van der Waals surface area contributed by atoms with Crippen LogP contribution in [0.2, 0.25) is 5.02 Å². The van der Waals surface area contributed by atoms with Crippen molar-refractivity contribution >= 4 is 29.2 Å². The molecule has 0 spiro atoms. The Hall–Kier alpha value is -1.76. The summed E-state index contributed by atoms with van der Waals surface area (Å²) >= 11 is 5.49. The summed E-state index contributed by atoms with van der Waals surface area (Å²) in [5, 5.41) is 8.37. The van der Waals surface area contributed by atoms with Gasteiger partial charge in [-0.3, -0.25) is 9.59 Å². The molecule has 0 radical (unpaired) electrons. The normalized spacial score (nSPS) is 19.5. The molecule has 1 aliphatic rings. The minimum Gasteiger partial charge on any atom is -0.481 e. The summed E-state index contributed by atoms with van der Waals surface area (Å²) in [7, 11) is 0. The summed E-state index contributed by atoms with van der Waals surface area (Å²) in [6, 6.07) is 3.06. The van der Waals surface area contributed by atoms with Crippen LogP contribution >= 0.6 is 11.6 Å². The van der Waals surface area contributed by atoms with Crippen molar-refractivity contribution in [3.8, 4) is 0 Å². The van der Waals surface area contributed by atoms with E-state index in [4.69, 9.17) is 16.7 Å². The summed E-state index contributed by atoms with van der Waals surface area (Å²) in [6.45, 7) is -0.146. The molecule has 2 rings (SSSR count). The van der Waals surface area contributed by atoms with Gasteiger partial charge in [-0.15, -0.1) is 0 Å². The fourth-order valence-corrected chi connectivity index (χ4v) is 2.25. The van der Waals surface area contributed by atoms with E-state index in [-0.39, 0.29) is 18.7 Å². The van der Waals surface area contributed by atoms with E-state index in [2.05, 4.69) is 0 Å².